The van der Waals surface area contributed by atoms with E-state index >= 15 is 0 Å². The van der Waals surface area contributed by atoms with Gasteiger partial charge in [-0.3, -0.25) is 14.2 Å². The van der Waals surface area contributed by atoms with E-state index in [-0.39, 0.29) is 5.78 Å². The van der Waals surface area contributed by atoms with Gasteiger partial charge in [0, 0.05) is 25.4 Å². The maximum atomic E-state index is 12.1. The van der Waals surface area contributed by atoms with Gasteiger partial charge in [-0.2, -0.15) is 10.2 Å². The quantitative estimate of drug-likeness (QED) is 0.643. The maximum Gasteiger partial charge on any atom is 0.205 e. The van der Waals surface area contributed by atoms with Crippen molar-refractivity contribution in [2.24, 2.45) is 7.05 Å². The van der Waals surface area contributed by atoms with Gasteiger partial charge in [-0.1, -0.05) is 0 Å². The van der Waals surface area contributed by atoms with Crippen molar-refractivity contribution in [3.63, 3.8) is 0 Å². The first-order chi connectivity index (χ1) is 8.61. The van der Waals surface area contributed by atoms with E-state index in [1.165, 1.54) is 6.08 Å². The lowest BCUT2D eigenvalue weighted by atomic mass is 10.2. The van der Waals surface area contributed by atoms with Crippen LogP contribution in [0, 0.1) is 0 Å². The summed E-state index contributed by atoms with van der Waals surface area (Å²) in [4.78, 5) is 12.1. The van der Waals surface area contributed by atoms with E-state index in [1.54, 1.807) is 27.8 Å². The van der Waals surface area contributed by atoms with Crippen molar-refractivity contribution in [2.45, 2.75) is 13.5 Å². The second kappa shape index (κ2) is 5.30. The second-order valence-corrected chi connectivity index (χ2v) is 4.66. The third-order valence-corrected chi connectivity index (χ3v) is 3.06. The number of aryl methyl sites for hydroxylation is 2. The Morgan fingerprint density at radius 3 is 2.83 bits per heavy atom. The third kappa shape index (κ3) is 2.59. The predicted octanol–water partition coefficient (Wildman–Crippen LogP) is 2.30. The number of hydrogen-bond donors (Lipinski definition) is 0. The molecule has 0 N–H and O–H groups in total. The lowest BCUT2D eigenvalue weighted by Crippen LogP contribution is -2.07. The van der Waals surface area contributed by atoms with Crippen LogP contribution in [0.1, 0.15) is 23.0 Å². The molecular weight excluding hydrogens is 296 g/mol. The maximum absolute atomic E-state index is 12.1. The number of halogens is 1. The molecule has 0 spiro atoms. The Morgan fingerprint density at radius 2 is 2.22 bits per heavy atom. The minimum absolute atomic E-state index is 0.0786. The van der Waals surface area contributed by atoms with Crippen LogP contribution in [0.2, 0.25) is 0 Å². The molecule has 18 heavy (non-hydrogen) atoms. The minimum Gasteiger partial charge on any atom is -0.288 e. The molecule has 6 heteroatoms. The summed E-state index contributed by atoms with van der Waals surface area (Å²) in [5.74, 6) is -0.0786. The fourth-order valence-electron chi connectivity index (χ4n) is 1.62. The molecular formula is C12H13BrN4O. The van der Waals surface area contributed by atoms with E-state index in [2.05, 4.69) is 26.1 Å². The third-order valence-electron chi connectivity index (χ3n) is 2.48. The van der Waals surface area contributed by atoms with Gasteiger partial charge in [0.2, 0.25) is 5.78 Å². The molecule has 94 valence electrons. The molecule has 0 amide bonds. The molecule has 0 aliphatic rings. The molecule has 0 saturated carbocycles. The highest BCUT2D eigenvalue weighted by molar-refractivity contribution is 9.10. The number of carbonyl (C=O) groups is 1. The Morgan fingerprint density at radius 1 is 1.44 bits per heavy atom. The summed E-state index contributed by atoms with van der Waals surface area (Å²) < 4.78 is 4.07. The van der Waals surface area contributed by atoms with Gasteiger partial charge in [-0.15, -0.1) is 0 Å². The number of ketones is 1. The summed E-state index contributed by atoms with van der Waals surface area (Å²) in [6, 6.07) is 0. The number of allylic oxidation sites excluding steroid dienone is 1. The summed E-state index contributed by atoms with van der Waals surface area (Å²) in [5.41, 5.74) is 1.46. The van der Waals surface area contributed by atoms with Crippen LogP contribution in [0.15, 0.2) is 29.1 Å². The lowest BCUT2D eigenvalue weighted by Gasteiger charge is -2.00. The van der Waals surface area contributed by atoms with Gasteiger partial charge >= 0.3 is 0 Å². The fourth-order valence-corrected chi connectivity index (χ4v) is 2.12. The summed E-state index contributed by atoms with van der Waals surface area (Å²) in [7, 11) is 1.84. The number of carbonyl (C=O) groups excluding carboxylic acids is 1. The summed E-state index contributed by atoms with van der Waals surface area (Å²) in [5, 5.41) is 8.15. The SMILES string of the molecule is CCn1ncc(Br)c1C(=O)/C=C/c1cnn(C)c1. The fraction of sp³-hybridized carbons (Fsp3) is 0.250. The molecule has 0 unspecified atom stereocenters. The Hall–Kier alpha value is -1.69. The van der Waals surface area contributed by atoms with Gasteiger partial charge < -0.3 is 0 Å². The Bertz CT molecular complexity index is 597. The van der Waals surface area contributed by atoms with E-state index < -0.39 is 0 Å². The zero-order chi connectivity index (χ0) is 13.1. The molecule has 2 rings (SSSR count). The lowest BCUT2D eigenvalue weighted by molar-refractivity contribution is 0.103. The molecule has 0 radical (unpaired) electrons. The van der Waals surface area contributed by atoms with Crippen LogP contribution in [0.3, 0.4) is 0 Å². The molecule has 5 nitrogen and oxygen atoms in total. The van der Waals surface area contributed by atoms with E-state index in [4.69, 9.17) is 0 Å². The summed E-state index contributed by atoms with van der Waals surface area (Å²) in [6.07, 6.45) is 8.46. The van der Waals surface area contributed by atoms with Crippen LogP contribution in [0.5, 0.6) is 0 Å². The van der Waals surface area contributed by atoms with Crippen molar-refractivity contribution in [3.8, 4) is 0 Å². The van der Waals surface area contributed by atoms with Crippen LogP contribution < -0.4 is 0 Å². The normalized spacial score (nSPS) is 11.3. The van der Waals surface area contributed by atoms with Gasteiger partial charge in [-0.05, 0) is 35.0 Å². The van der Waals surface area contributed by atoms with E-state index in [1.807, 2.05) is 20.2 Å². The molecule has 2 heterocycles. The van der Waals surface area contributed by atoms with Crippen molar-refractivity contribution in [1.29, 1.82) is 0 Å². The Balaban J connectivity index is 2.21. The van der Waals surface area contributed by atoms with Crippen LogP contribution in [0.4, 0.5) is 0 Å². The monoisotopic (exact) mass is 308 g/mol. The molecule has 2 aromatic heterocycles. The molecule has 0 aromatic carbocycles. The number of rotatable bonds is 4. The van der Waals surface area contributed by atoms with Gasteiger partial charge in [0.15, 0.2) is 0 Å². The smallest absolute Gasteiger partial charge is 0.205 e. The second-order valence-electron chi connectivity index (χ2n) is 3.80. The first-order valence-electron chi connectivity index (χ1n) is 5.54. The van der Waals surface area contributed by atoms with Gasteiger partial charge in [-0.25, -0.2) is 0 Å². The predicted molar refractivity (Wildman–Crippen MR) is 72.2 cm³/mol. The summed E-state index contributed by atoms with van der Waals surface area (Å²) in [6.45, 7) is 2.61. The van der Waals surface area contributed by atoms with E-state index in [0.717, 1.165) is 5.56 Å². The van der Waals surface area contributed by atoms with Crippen molar-refractivity contribution < 1.29 is 4.79 Å². The molecule has 0 saturated heterocycles. The minimum atomic E-state index is -0.0786. The number of nitrogens with zero attached hydrogens (tertiary/aromatic N) is 4. The van der Waals surface area contributed by atoms with Crippen LogP contribution in [-0.2, 0) is 13.6 Å². The number of aromatic nitrogens is 4. The highest BCUT2D eigenvalue weighted by Crippen LogP contribution is 2.17. The van der Waals surface area contributed by atoms with Crippen LogP contribution >= 0.6 is 15.9 Å². The average Bonchev–Trinajstić information content (AvgIpc) is 2.92. The van der Waals surface area contributed by atoms with Gasteiger partial charge in [0.1, 0.15) is 5.69 Å². The molecule has 2 aromatic rings. The zero-order valence-electron chi connectivity index (χ0n) is 10.2. The summed E-state index contributed by atoms with van der Waals surface area (Å²) >= 11 is 3.33. The van der Waals surface area contributed by atoms with E-state index in [9.17, 15) is 4.79 Å². The van der Waals surface area contributed by atoms with Crippen molar-refractivity contribution >= 4 is 27.8 Å². The van der Waals surface area contributed by atoms with Crippen molar-refractivity contribution in [2.75, 3.05) is 0 Å². The van der Waals surface area contributed by atoms with Gasteiger partial charge in [0.05, 0.1) is 16.9 Å². The van der Waals surface area contributed by atoms with Crippen LogP contribution in [0.25, 0.3) is 6.08 Å². The zero-order valence-corrected chi connectivity index (χ0v) is 11.8. The first-order valence-corrected chi connectivity index (χ1v) is 6.33. The molecule has 0 bridgehead atoms. The van der Waals surface area contributed by atoms with Crippen molar-refractivity contribution in [3.05, 3.63) is 40.4 Å². The molecule has 0 aliphatic carbocycles. The highest BCUT2D eigenvalue weighted by atomic mass is 79.9. The highest BCUT2D eigenvalue weighted by Gasteiger charge is 2.13. The molecule has 0 aliphatic heterocycles. The molecule has 0 fully saturated rings. The standard InChI is InChI=1S/C12H13BrN4O/c1-3-17-12(10(13)7-15-17)11(18)5-4-9-6-14-16(2)8-9/h4-8H,3H2,1-2H3/b5-4+. The largest absolute Gasteiger partial charge is 0.288 e. The van der Waals surface area contributed by atoms with E-state index in [0.29, 0.717) is 16.7 Å². The number of hydrogen-bond acceptors (Lipinski definition) is 3. The Kier molecular flexibility index (Phi) is 3.76. The molecule has 0 atom stereocenters. The van der Waals surface area contributed by atoms with Gasteiger partial charge in [0.25, 0.3) is 0 Å². The van der Waals surface area contributed by atoms with Crippen LogP contribution in [-0.4, -0.2) is 25.3 Å². The topological polar surface area (TPSA) is 52.7 Å². The Labute approximate surface area is 113 Å². The van der Waals surface area contributed by atoms with Crippen molar-refractivity contribution in [1.82, 2.24) is 19.6 Å². The first kappa shape index (κ1) is 12.8. The average molecular weight is 309 g/mol.